The first-order valence-electron chi connectivity index (χ1n) is 8.59. The summed E-state index contributed by atoms with van der Waals surface area (Å²) < 4.78 is 43.0. The van der Waals surface area contributed by atoms with Gasteiger partial charge in [-0.05, 0) is 49.7 Å². The molecule has 0 saturated carbocycles. The lowest BCUT2D eigenvalue weighted by Crippen LogP contribution is -2.29. The van der Waals surface area contributed by atoms with Gasteiger partial charge in [0.05, 0.1) is 5.57 Å². The molecule has 0 unspecified atom stereocenters. The molecular weight excluding hydrogens is 399 g/mol. The Morgan fingerprint density at radius 1 is 1.10 bits per heavy atom. The molecule has 0 fully saturated rings. The Hall–Kier alpha value is -3.04. The number of nitrogens with two attached hydrogens (primary N) is 1. The number of hydrogen-bond acceptors (Lipinski definition) is 5. The summed E-state index contributed by atoms with van der Waals surface area (Å²) in [6, 6.07) is 9.86. The predicted molar refractivity (Wildman–Crippen MR) is 106 cm³/mol. The predicted octanol–water partition coefficient (Wildman–Crippen LogP) is 2.68. The maximum absolute atomic E-state index is 14.3. The lowest BCUT2D eigenvalue weighted by atomic mass is 9.92. The molecule has 1 aliphatic heterocycles. The van der Waals surface area contributed by atoms with Crippen molar-refractivity contribution in [2.45, 2.75) is 31.3 Å². The Balaban J connectivity index is 2.13. The number of benzene rings is 2. The van der Waals surface area contributed by atoms with Crippen molar-refractivity contribution in [3.63, 3.8) is 0 Å². The highest BCUT2D eigenvalue weighted by Crippen LogP contribution is 2.41. The molecule has 2 aromatic rings. The maximum Gasteiger partial charge on any atom is 0.240 e. The zero-order valence-electron chi connectivity index (χ0n) is 15.9. The molecule has 3 N–H and O–H groups in total. The normalized spacial score (nSPS) is 16.0. The van der Waals surface area contributed by atoms with E-state index in [0.717, 1.165) is 12.1 Å². The van der Waals surface area contributed by atoms with Crippen molar-refractivity contribution < 1.29 is 27.1 Å². The second-order valence-corrected chi connectivity index (χ2v) is 8.62. The number of ketones is 1. The first-order chi connectivity index (χ1) is 13.4. The van der Waals surface area contributed by atoms with Crippen molar-refractivity contribution in [3.8, 4) is 0 Å². The van der Waals surface area contributed by atoms with Crippen molar-refractivity contribution in [3.05, 3.63) is 59.4 Å². The zero-order valence-corrected chi connectivity index (χ0v) is 16.8. The molecule has 7 nitrogen and oxygen atoms in total. The molecular formula is C20H19FN2O5S. The van der Waals surface area contributed by atoms with E-state index in [-0.39, 0.29) is 28.6 Å². The van der Waals surface area contributed by atoms with Gasteiger partial charge >= 0.3 is 0 Å². The van der Waals surface area contributed by atoms with Gasteiger partial charge in [0.15, 0.2) is 5.60 Å². The standard InChI is InChI=1S/C20H19FN2O5S/c1-11(24)23-14-7-4-12(5-8-14)17-18(28-20(2,3)19(17)25)13-6-9-16(15(21)10-13)29(22,26)27/h4-10H,1-3H3,(H,23,24)(H2,22,26,27). The van der Waals surface area contributed by atoms with Gasteiger partial charge in [0, 0.05) is 18.2 Å². The highest BCUT2D eigenvalue weighted by atomic mass is 32.2. The van der Waals surface area contributed by atoms with E-state index in [2.05, 4.69) is 5.32 Å². The third-order valence-corrected chi connectivity index (χ3v) is 5.30. The van der Waals surface area contributed by atoms with Crippen LogP contribution in [0.25, 0.3) is 11.3 Å². The van der Waals surface area contributed by atoms with Crippen LogP contribution in [-0.4, -0.2) is 25.7 Å². The van der Waals surface area contributed by atoms with E-state index >= 15 is 0 Å². The highest BCUT2D eigenvalue weighted by Gasteiger charge is 2.43. The smallest absolute Gasteiger partial charge is 0.240 e. The largest absolute Gasteiger partial charge is 0.478 e. The first-order valence-corrected chi connectivity index (χ1v) is 10.1. The molecule has 0 spiro atoms. The lowest BCUT2D eigenvalue weighted by Gasteiger charge is -2.18. The Bertz CT molecular complexity index is 1150. The fourth-order valence-corrected chi connectivity index (χ4v) is 3.61. The zero-order chi connectivity index (χ0) is 21.6. The molecule has 152 valence electrons. The molecule has 2 aromatic carbocycles. The topological polar surface area (TPSA) is 116 Å². The van der Waals surface area contributed by atoms with Gasteiger partial charge in [0.2, 0.25) is 21.7 Å². The number of sulfonamides is 1. The molecule has 1 heterocycles. The molecule has 1 aliphatic rings. The number of primary sulfonamides is 1. The van der Waals surface area contributed by atoms with Crippen LogP contribution in [0.1, 0.15) is 31.9 Å². The summed E-state index contributed by atoms with van der Waals surface area (Å²) in [5, 5.41) is 7.63. The first kappa shape index (κ1) is 20.7. The quantitative estimate of drug-likeness (QED) is 0.792. The molecule has 1 amide bonds. The van der Waals surface area contributed by atoms with E-state index in [0.29, 0.717) is 11.3 Å². The minimum absolute atomic E-state index is 0.132. The lowest BCUT2D eigenvalue weighted by molar-refractivity contribution is -0.125. The number of nitrogens with one attached hydrogen (secondary N) is 1. The number of anilines is 1. The van der Waals surface area contributed by atoms with Crippen molar-refractivity contribution >= 4 is 38.7 Å². The van der Waals surface area contributed by atoms with Crippen molar-refractivity contribution in [2.24, 2.45) is 5.14 Å². The molecule has 0 aromatic heterocycles. The number of Topliss-reactive ketones (excluding diaryl/α,β-unsaturated/α-hetero) is 1. The number of carbonyl (C=O) groups is 2. The molecule has 0 aliphatic carbocycles. The molecule has 0 radical (unpaired) electrons. The molecule has 0 atom stereocenters. The molecule has 0 bridgehead atoms. The van der Waals surface area contributed by atoms with Gasteiger partial charge in [-0.3, -0.25) is 9.59 Å². The molecule has 0 saturated heterocycles. The molecule has 29 heavy (non-hydrogen) atoms. The van der Waals surface area contributed by atoms with Gasteiger partial charge in [-0.2, -0.15) is 0 Å². The summed E-state index contributed by atoms with van der Waals surface area (Å²) in [5.41, 5.74) is 0.316. The second-order valence-electron chi connectivity index (χ2n) is 7.09. The van der Waals surface area contributed by atoms with Crippen LogP contribution >= 0.6 is 0 Å². The number of amides is 1. The van der Waals surface area contributed by atoms with Crippen LogP contribution < -0.4 is 10.5 Å². The van der Waals surface area contributed by atoms with Crippen LogP contribution in [0.15, 0.2) is 47.4 Å². The van der Waals surface area contributed by atoms with Crippen molar-refractivity contribution in [1.29, 1.82) is 0 Å². The summed E-state index contributed by atoms with van der Waals surface area (Å²) in [5.74, 6) is -1.45. The third-order valence-electron chi connectivity index (χ3n) is 4.35. The van der Waals surface area contributed by atoms with Gasteiger partial charge in [-0.15, -0.1) is 0 Å². The SMILES string of the molecule is CC(=O)Nc1ccc(C2=C(c3ccc(S(N)(=O)=O)c(F)c3)OC(C)(C)C2=O)cc1. The van der Waals surface area contributed by atoms with E-state index in [9.17, 15) is 22.4 Å². The summed E-state index contributed by atoms with van der Waals surface area (Å²) in [7, 11) is -4.22. The van der Waals surface area contributed by atoms with Gasteiger partial charge in [-0.1, -0.05) is 12.1 Å². The Morgan fingerprint density at radius 3 is 2.21 bits per heavy atom. The van der Waals surface area contributed by atoms with E-state index < -0.39 is 26.3 Å². The van der Waals surface area contributed by atoms with Crippen LogP contribution in [0, 0.1) is 5.82 Å². The minimum atomic E-state index is -4.22. The highest BCUT2D eigenvalue weighted by molar-refractivity contribution is 7.89. The van der Waals surface area contributed by atoms with Gasteiger partial charge < -0.3 is 10.1 Å². The Labute approximate surface area is 167 Å². The number of carbonyl (C=O) groups excluding carboxylic acids is 2. The summed E-state index contributed by atoms with van der Waals surface area (Å²) in [6.45, 7) is 4.55. The Morgan fingerprint density at radius 2 is 1.69 bits per heavy atom. The number of halogens is 1. The maximum atomic E-state index is 14.3. The average molecular weight is 418 g/mol. The third kappa shape index (κ3) is 4.06. The van der Waals surface area contributed by atoms with Crippen LogP contribution in [0.3, 0.4) is 0 Å². The van der Waals surface area contributed by atoms with E-state index in [1.54, 1.807) is 38.1 Å². The van der Waals surface area contributed by atoms with Gasteiger partial charge in [0.1, 0.15) is 16.5 Å². The monoisotopic (exact) mass is 418 g/mol. The van der Waals surface area contributed by atoms with Crippen LogP contribution in [0.2, 0.25) is 0 Å². The fraction of sp³-hybridized carbons (Fsp3) is 0.200. The Kier molecular flexibility index (Phi) is 5.06. The molecule has 3 rings (SSSR count). The van der Waals surface area contributed by atoms with Crippen LogP contribution in [-0.2, 0) is 24.3 Å². The van der Waals surface area contributed by atoms with Gasteiger partial charge in [0.25, 0.3) is 0 Å². The summed E-state index contributed by atoms with van der Waals surface area (Å²) in [6.07, 6.45) is 0. The van der Waals surface area contributed by atoms with Crippen LogP contribution in [0.5, 0.6) is 0 Å². The van der Waals surface area contributed by atoms with Crippen LogP contribution in [0.4, 0.5) is 10.1 Å². The van der Waals surface area contributed by atoms with E-state index in [1.807, 2.05) is 0 Å². The fourth-order valence-electron chi connectivity index (χ4n) is 3.02. The average Bonchev–Trinajstić information content (AvgIpc) is 2.84. The van der Waals surface area contributed by atoms with Crippen molar-refractivity contribution in [1.82, 2.24) is 0 Å². The summed E-state index contributed by atoms with van der Waals surface area (Å²) in [4.78, 5) is 23.5. The number of ether oxygens (including phenoxy) is 1. The van der Waals surface area contributed by atoms with E-state index in [1.165, 1.54) is 13.0 Å². The minimum Gasteiger partial charge on any atom is -0.478 e. The van der Waals surface area contributed by atoms with E-state index in [4.69, 9.17) is 9.88 Å². The summed E-state index contributed by atoms with van der Waals surface area (Å²) >= 11 is 0. The van der Waals surface area contributed by atoms with Gasteiger partial charge in [-0.25, -0.2) is 17.9 Å². The molecule has 9 heteroatoms. The second kappa shape index (κ2) is 7.09. The number of rotatable bonds is 4. The van der Waals surface area contributed by atoms with Crippen molar-refractivity contribution in [2.75, 3.05) is 5.32 Å². The number of hydrogen-bond donors (Lipinski definition) is 2.